The smallest absolute Gasteiger partial charge is 0.305 e. The predicted octanol–water partition coefficient (Wildman–Crippen LogP) is 1.96. The van der Waals surface area contributed by atoms with Crippen molar-refractivity contribution in [3.63, 3.8) is 0 Å². The lowest BCUT2D eigenvalue weighted by Crippen LogP contribution is -2.06. The molecule has 0 aliphatic heterocycles. The van der Waals surface area contributed by atoms with Crippen molar-refractivity contribution in [2.24, 2.45) is 5.73 Å². The maximum atomic E-state index is 10.9. The van der Waals surface area contributed by atoms with E-state index in [0.717, 1.165) is 18.6 Å². The van der Waals surface area contributed by atoms with Gasteiger partial charge in [0.1, 0.15) is 5.75 Å². The molecule has 0 spiro atoms. The van der Waals surface area contributed by atoms with Crippen LogP contribution >= 0.6 is 0 Å². The minimum Gasteiger partial charge on any atom is -0.494 e. The average Bonchev–Trinajstić information content (AvgIpc) is 2.76. The second-order valence-electron chi connectivity index (χ2n) is 4.53. The first-order valence-electron chi connectivity index (χ1n) is 6.28. The van der Waals surface area contributed by atoms with Gasteiger partial charge in [0, 0.05) is 12.5 Å². The number of fused-ring (bicyclic) bond motifs is 1. The summed E-state index contributed by atoms with van der Waals surface area (Å²) in [6.07, 6.45) is 3.10. The number of hydrogen-bond donors (Lipinski definition) is 1. The Morgan fingerprint density at radius 3 is 3.11 bits per heavy atom. The van der Waals surface area contributed by atoms with Crippen LogP contribution in [0.4, 0.5) is 0 Å². The lowest BCUT2D eigenvalue weighted by Gasteiger charge is -2.09. The molecule has 0 bridgehead atoms. The fourth-order valence-electron chi connectivity index (χ4n) is 2.23. The van der Waals surface area contributed by atoms with E-state index >= 15 is 0 Å². The van der Waals surface area contributed by atoms with Gasteiger partial charge in [-0.2, -0.15) is 0 Å². The first-order chi connectivity index (χ1) is 8.70. The van der Waals surface area contributed by atoms with Crippen molar-refractivity contribution in [3.05, 3.63) is 29.3 Å². The Morgan fingerprint density at radius 2 is 2.33 bits per heavy atom. The third-order valence-corrected chi connectivity index (χ3v) is 3.26. The highest BCUT2D eigenvalue weighted by atomic mass is 16.5. The summed E-state index contributed by atoms with van der Waals surface area (Å²) in [6, 6.07) is 6.22. The largest absolute Gasteiger partial charge is 0.494 e. The van der Waals surface area contributed by atoms with Crippen molar-refractivity contribution >= 4 is 5.97 Å². The van der Waals surface area contributed by atoms with Gasteiger partial charge in [-0.15, -0.1) is 0 Å². The first-order valence-corrected chi connectivity index (χ1v) is 6.28. The van der Waals surface area contributed by atoms with Gasteiger partial charge in [0.15, 0.2) is 0 Å². The second-order valence-corrected chi connectivity index (χ2v) is 4.53. The van der Waals surface area contributed by atoms with E-state index in [1.807, 2.05) is 12.1 Å². The number of nitrogens with two attached hydrogens (primary N) is 1. The van der Waals surface area contributed by atoms with Gasteiger partial charge in [-0.25, -0.2) is 0 Å². The molecule has 0 heterocycles. The van der Waals surface area contributed by atoms with Crippen LogP contribution in [0.2, 0.25) is 0 Å². The van der Waals surface area contributed by atoms with Crippen LogP contribution in [0.15, 0.2) is 18.2 Å². The Hall–Kier alpha value is -1.55. The van der Waals surface area contributed by atoms with E-state index in [0.29, 0.717) is 19.4 Å². The highest BCUT2D eigenvalue weighted by Crippen LogP contribution is 2.31. The molecule has 1 atom stereocenters. The number of esters is 1. The average molecular weight is 249 g/mol. The number of ether oxygens (including phenoxy) is 2. The first kappa shape index (κ1) is 12.9. The van der Waals surface area contributed by atoms with E-state index in [1.54, 1.807) is 0 Å². The number of rotatable bonds is 5. The van der Waals surface area contributed by atoms with Crippen molar-refractivity contribution in [3.8, 4) is 5.75 Å². The lowest BCUT2D eigenvalue weighted by molar-refractivity contribution is -0.140. The molecule has 0 aromatic heterocycles. The molecule has 2 rings (SSSR count). The molecule has 1 aromatic carbocycles. The molecule has 0 fully saturated rings. The van der Waals surface area contributed by atoms with Crippen LogP contribution in [0.25, 0.3) is 0 Å². The highest BCUT2D eigenvalue weighted by Gasteiger charge is 2.18. The minimum atomic E-state index is -0.196. The summed E-state index contributed by atoms with van der Waals surface area (Å²) < 4.78 is 10.2. The van der Waals surface area contributed by atoms with Crippen molar-refractivity contribution in [2.75, 3.05) is 13.7 Å². The topological polar surface area (TPSA) is 61.5 Å². The molecule has 1 aliphatic carbocycles. The number of aryl methyl sites for hydroxylation is 1. The standard InChI is InChI=1S/C14H19NO3/c1-17-14(16)3-2-8-18-11-5-6-12-10(9-11)4-7-13(12)15/h5-6,9,13H,2-4,7-8,15H2,1H3. The van der Waals surface area contributed by atoms with Crippen LogP contribution in [0.5, 0.6) is 5.75 Å². The van der Waals surface area contributed by atoms with E-state index < -0.39 is 0 Å². The summed E-state index contributed by atoms with van der Waals surface area (Å²) in [5.41, 5.74) is 8.49. The molecule has 0 amide bonds. The molecule has 2 N–H and O–H groups in total. The van der Waals surface area contributed by atoms with Crippen molar-refractivity contribution in [1.29, 1.82) is 0 Å². The molecule has 98 valence electrons. The van der Waals surface area contributed by atoms with Crippen LogP contribution in [0.3, 0.4) is 0 Å². The Balaban J connectivity index is 1.82. The summed E-state index contributed by atoms with van der Waals surface area (Å²) in [5.74, 6) is 0.659. The highest BCUT2D eigenvalue weighted by molar-refractivity contribution is 5.69. The summed E-state index contributed by atoms with van der Waals surface area (Å²) in [7, 11) is 1.40. The van der Waals surface area contributed by atoms with E-state index in [9.17, 15) is 4.79 Å². The van der Waals surface area contributed by atoms with E-state index in [2.05, 4.69) is 10.8 Å². The zero-order valence-electron chi connectivity index (χ0n) is 10.6. The van der Waals surface area contributed by atoms with Gasteiger partial charge in [-0.1, -0.05) is 6.07 Å². The van der Waals surface area contributed by atoms with Crippen LogP contribution in [-0.2, 0) is 16.0 Å². The van der Waals surface area contributed by atoms with Gasteiger partial charge < -0.3 is 15.2 Å². The zero-order chi connectivity index (χ0) is 13.0. The van der Waals surface area contributed by atoms with Crippen LogP contribution in [-0.4, -0.2) is 19.7 Å². The molecule has 0 saturated carbocycles. The number of benzene rings is 1. The zero-order valence-corrected chi connectivity index (χ0v) is 10.6. The summed E-state index contributed by atoms with van der Waals surface area (Å²) >= 11 is 0. The van der Waals surface area contributed by atoms with Crippen LogP contribution in [0.1, 0.15) is 36.4 Å². The fourth-order valence-corrected chi connectivity index (χ4v) is 2.23. The van der Waals surface area contributed by atoms with Crippen molar-refractivity contribution in [1.82, 2.24) is 0 Å². The quantitative estimate of drug-likeness (QED) is 0.640. The lowest BCUT2D eigenvalue weighted by atomic mass is 10.1. The third kappa shape index (κ3) is 3.01. The summed E-state index contributed by atoms with van der Waals surface area (Å²) in [5, 5.41) is 0. The number of carbonyl (C=O) groups excluding carboxylic acids is 1. The minimum absolute atomic E-state index is 0.174. The van der Waals surface area contributed by atoms with Gasteiger partial charge in [-0.3, -0.25) is 4.79 Å². The summed E-state index contributed by atoms with van der Waals surface area (Å²) in [6.45, 7) is 0.528. The number of hydrogen-bond acceptors (Lipinski definition) is 4. The van der Waals surface area contributed by atoms with Gasteiger partial charge >= 0.3 is 5.97 Å². The molecule has 1 unspecified atom stereocenters. The number of methoxy groups -OCH3 is 1. The SMILES string of the molecule is COC(=O)CCCOc1ccc2c(c1)CCC2N. The molecular formula is C14H19NO3. The Morgan fingerprint density at radius 1 is 1.50 bits per heavy atom. The van der Waals surface area contributed by atoms with Gasteiger partial charge in [0.05, 0.1) is 13.7 Å². The monoisotopic (exact) mass is 249 g/mol. The van der Waals surface area contributed by atoms with Crippen molar-refractivity contribution in [2.45, 2.75) is 31.7 Å². The second kappa shape index (κ2) is 5.87. The van der Waals surface area contributed by atoms with Gasteiger partial charge in [0.25, 0.3) is 0 Å². The maximum Gasteiger partial charge on any atom is 0.305 e. The summed E-state index contributed by atoms with van der Waals surface area (Å²) in [4.78, 5) is 10.9. The Kier molecular flexibility index (Phi) is 4.20. The predicted molar refractivity (Wildman–Crippen MR) is 68.4 cm³/mol. The molecule has 0 radical (unpaired) electrons. The van der Waals surface area contributed by atoms with Gasteiger partial charge in [-0.05, 0) is 42.5 Å². The van der Waals surface area contributed by atoms with Crippen molar-refractivity contribution < 1.29 is 14.3 Å². The molecule has 1 aromatic rings. The Bertz CT molecular complexity index is 431. The normalized spacial score (nSPS) is 17.3. The van der Waals surface area contributed by atoms with E-state index in [-0.39, 0.29) is 12.0 Å². The maximum absolute atomic E-state index is 10.9. The fraction of sp³-hybridized carbons (Fsp3) is 0.500. The molecule has 4 heteroatoms. The Labute approximate surface area is 107 Å². The van der Waals surface area contributed by atoms with E-state index in [4.69, 9.17) is 10.5 Å². The third-order valence-electron chi connectivity index (χ3n) is 3.26. The van der Waals surface area contributed by atoms with Crippen LogP contribution < -0.4 is 10.5 Å². The molecular weight excluding hydrogens is 230 g/mol. The molecule has 1 aliphatic rings. The molecule has 18 heavy (non-hydrogen) atoms. The molecule has 4 nitrogen and oxygen atoms in total. The number of carbonyl (C=O) groups is 1. The van der Waals surface area contributed by atoms with Crippen LogP contribution in [0, 0.1) is 0 Å². The molecule has 0 saturated heterocycles. The van der Waals surface area contributed by atoms with Gasteiger partial charge in [0.2, 0.25) is 0 Å². The van der Waals surface area contributed by atoms with E-state index in [1.165, 1.54) is 18.2 Å².